The lowest BCUT2D eigenvalue weighted by Gasteiger charge is -2.21. The normalized spacial score (nSPS) is 13.4. The first-order valence-electron chi connectivity index (χ1n) is 10.3. The molecule has 0 spiro atoms. The minimum Gasteiger partial charge on any atom is -0.374 e. The van der Waals surface area contributed by atoms with Gasteiger partial charge < -0.3 is 14.3 Å². The highest BCUT2D eigenvalue weighted by Gasteiger charge is 2.25. The Morgan fingerprint density at radius 1 is 0.750 bits per heavy atom. The zero-order chi connectivity index (χ0) is 22.7. The van der Waals surface area contributed by atoms with Crippen LogP contribution >= 0.6 is 0 Å². The number of rotatable bonds is 13. The largest absolute Gasteiger partial charge is 0.374 e. The van der Waals surface area contributed by atoms with Gasteiger partial charge in [-0.3, -0.25) is 4.18 Å². The summed E-state index contributed by atoms with van der Waals surface area (Å²) in [6, 6.07) is 26.8. The first kappa shape index (κ1) is 23.8. The summed E-state index contributed by atoms with van der Waals surface area (Å²) < 4.78 is 42.3. The van der Waals surface area contributed by atoms with Gasteiger partial charge in [0.2, 0.25) is 0 Å². The molecule has 0 N–H and O–H groups in total. The average Bonchev–Trinajstić information content (AvgIpc) is 2.83. The van der Waals surface area contributed by atoms with E-state index in [0.717, 1.165) is 11.1 Å². The van der Waals surface area contributed by atoms with Gasteiger partial charge in [-0.25, -0.2) is 0 Å². The van der Waals surface area contributed by atoms with Gasteiger partial charge in [0.05, 0.1) is 24.7 Å². The summed E-state index contributed by atoms with van der Waals surface area (Å²) in [6.07, 6.45) is -1.04. The van der Waals surface area contributed by atoms with Crippen molar-refractivity contribution in [3.63, 3.8) is 0 Å². The SMILES string of the molecule is O=C[C@H](C[C@H](COCc1ccccc1)OS(=O)(=O)c1ccccc1)OCc1ccccc1. The van der Waals surface area contributed by atoms with E-state index in [0.29, 0.717) is 12.9 Å². The maximum Gasteiger partial charge on any atom is 0.297 e. The molecule has 0 fully saturated rings. The fourth-order valence-electron chi connectivity index (χ4n) is 3.04. The van der Waals surface area contributed by atoms with Crippen LogP contribution < -0.4 is 0 Å². The Hall–Kier alpha value is -2.84. The Kier molecular flexibility index (Phi) is 9.13. The molecule has 7 heteroatoms. The maximum absolute atomic E-state index is 12.7. The number of carbonyl (C=O) groups excluding carboxylic acids is 1. The zero-order valence-electron chi connectivity index (χ0n) is 17.6. The van der Waals surface area contributed by atoms with Crippen molar-refractivity contribution in [1.29, 1.82) is 0 Å². The molecular formula is C25H26O6S. The molecule has 0 saturated heterocycles. The summed E-state index contributed by atoms with van der Waals surface area (Å²) in [5.74, 6) is 0. The number of aldehydes is 1. The van der Waals surface area contributed by atoms with Crippen LogP contribution in [0.2, 0.25) is 0 Å². The Morgan fingerprint density at radius 3 is 1.84 bits per heavy atom. The third-order valence-electron chi connectivity index (χ3n) is 4.66. The van der Waals surface area contributed by atoms with Gasteiger partial charge in [0.1, 0.15) is 18.5 Å². The van der Waals surface area contributed by atoms with Gasteiger partial charge in [-0.1, -0.05) is 78.9 Å². The number of ether oxygens (including phenoxy) is 2. The molecule has 3 aromatic rings. The van der Waals surface area contributed by atoms with Gasteiger partial charge in [0.15, 0.2) is 0 Å². The van der Waals surface area contributed by atoms with E-state index in [1.807, 2.05) is 60.7 Å². The molecule has 0 aromatic heterocycles. The smallest absolute Gasteiger partial charge is 0.297 e. The molecule has 168 valence electrons. The second-order valence-electron chi connectivity index (χ2n) is 7.19. The Balaban J connectivity index is 1.65. The minimum atomic E-state index is -4.03. The molecular weight excluding hydrogens is 428 g/mol. The second-order valence-corrected chi connectivity index (χ2v) is 8.77. The van der Waals surface area contributed by atoms with Crippen LogP contribution in [0.5, 0.6) is 0 Å². The number of hydrogen-bond donors (Lipinski definition) is 0. The molecule has 0 heterocycles. The molecule has 0 aliphatic heterocycles. The van der Waals surface area contributed by atoms with Crippen LogP contribution in [0.25, 0.3) is 0 Å². The van der Waals surface area contributed by atoms with E-state index in [4.69, 9.17) is 13.7 Å². The molecule has 3 aromatic carbocycles. The highest BCUT2D eigenvalue weighted by atomic mass is 32.2. The van der Waals surface area contributed by atoms with Crippen molar-refractivity contribution in [3.8, 4) is 0 Å². The lowest BCUT2D eigenvalue weighted by molar-refractivity contribution is -0.121. The number of hydrogen-bond acceptors (Lipinski definition) is 6. The molecule has 0 aliphatic carbocycles. The highest BCUT2D eigenvalue weighted by molar-refractivity contribution is 7.86. The van der Waals surface area contributed by atoms with Gasteiger partial charge in [-0.15, -0.1) is 0 Å². The van der Waals surface area contributed by atoms with E-state index in [9.17, 15) is 13.2 Å². The van der Waals surface area contributed by atoms with Crippen LogP contribution in [0, 0.1) is 0 Å². The van der Waals surface area contributed by atoms with Crippen molar-refractivity contribution < 1.29 is 26.9 Å². The molecule has 0 saturated carbocycles. The first-order chi connectivity index (χ1) is 15.6. The van der Waals surface area contributed by atoms with Crippen molar-refractivity contribution in [2.45, 2.75) is 36.7 Å². The molecule has 0 unspecified atom stereocenters. The van der Waals surface area contributed by atoms with E-state index >= 15 is 0 Å². The van der Waals surface area contributed by atoms with Gasteiger partial charge in [0.25, 0.3) is 10.1 Å². The van der Waals surface area contributed by atoms with Gasteiger partial charge in [0, 0.05) is 6.42 Å². The third kappa shape index (κ3) is 7.69. The van der Waals surface area contributed by atoms with Crippen molar-refractivity contribution in [2.24, 2.45) is 0 Å². The molecule has 0 amide bonds. The Labute approximate surface area is 188 Å². The molecule has 0 aliphatic rings. The van der Waals surface area contributed by atoms with Crippen LogP contribution in [-0.4, -0.2) is 33.5 Å². The van der Waals surface area contributed by atoms with Gasteiger partial charge >= 0.3 is 0 Å². The van der Waals surface area contributed by atoms with E-state index in [2.05, 4.69) is 0 Å². The monoisotopic (exact) mass is 454 g/mol. The first-order valence-corrected chi connectivity index (χ1v) is 11.7. The second kappa shape index (κ2) is 12.3. The summed E-state index contributed by atoms with van der Waals surface area (Å²) >= 11 is 0. The summed E-state index contributed by atoms with van der Waals surface area (Å²) in [4.78, 5) is 11.7. The van der Waals surface area contributed by atoms with Gasteiger partial charge in [-0.05, 0) is 23.3 Å². The topological polar surface area (TPSA) is 78.9 Å². The fourth-order valence-corrected chi connectivity index (χ4v) is 4.13. The predicted octanol–water partition coefficient (Wildman–Crippen LogP) is 4.15. The van der Waals surface area contributed by atoms with E-state index < -0.39 is 22.3 Å². The quantitative estimate of drug-likeness (QED) is 0.285. The Bertz CT molecular complexity index is 1040. The van der Waals surface area contributed by atoms with Crippen molar-refractivity contribution in [1.82, 2.24) is 0 Å². The summed E-state index contributed by atoms with van der Waals surface area (Å²) in [5.41, 5.74) is 1.86. The summed E-state index contributed by atoms with van der Waals surface area (Å²) in [5, 5.41) is 0. The Morgan fingerprint density at radius 2 is 1.28 bits per heavy atom. The van der Waals surface area contributed by atoms with E-state index in [1.165, 1.54) is 12.1 Å². The lowest BCUT2D eigenvalue weighted by Crippen LogP contribution is -2.30. The molecule has 0 bridgehead atoms. The predicted molar refractivity (Wildman–Crippen MR) is 120 cm³/mol. The average molecular weight is 455 g/mol. The van der Waals surface area contributed by atoms with Crippen LogP contribution in [0.4, 0.5) is 0 Å². The summed E-state index contributed by atoms with van der Waals surface area (Å²) in [7, 11) is -4.03. The maximum atomic E-state index is 12.7. The fraction of sp³-hybridized carbons (Fsp3) is 0.240. The van der Waals surface area contributed by atoms with Crippen LogP contribution in [-0.2, 0) is 41.8 Å². The molecule has 0 radical (unpaired) electrons. The van der Waals surface area contributed by atoms with Crippen LogP contribution in [0.3, 0.4) is 0 Å². The van der Waals surface area contributed by atoms with Crippen molar-refractivity contribution >= 4 is 16.4 Å². The third-order valence-corrected chi connectivity index (χ3v) is 6.04. The molecule has 32 heavy (non-hydrogen) atoms. The van der Waals surface area contributed by atoms with Crippen LogP contribution in [0.15, 0.2) is 95.9 Å². The molecule has 3 rings (SSSR count). The molecule has 6 nitrogen and oxygen atoms in total. The van der Waals surface area contributed by atoms with E-state index in [1.54, 1.807) is 18.2 Å². The van der Waals surface area contributed by atoms with Crippen LogP contribution in [0.1, 0.15) is 17.5 Å². The zero-order valence-corrected chi connectivity index (χ0v) is 18.4. The molecule has 2 atom stereocenters. The van der Waals surface area contributed by atoms with Crippen molar-refractivity contribution in [2.75, 3.05) is 6.61 Å². The van der Waals surface area contributed by atoms with E-state index in [-0.39, 0.29) is 24.5 Å². The van der Waals surface area contributed by atoms with Gasteiger partial charge in [-0.2, -0.15) is 8.42 Å². The minimum absolute atomic E-state index is 0.0139. The summed E-state index contributed by atoms with van der Waals surface area (Å²) in [6.45, 7) is 0.510. The standard InChI is InChI=1S/C25H26O6S/c26-17-23(30-19-22-12-6-2-7-13-22)16-24(20-29-18-21-10-4-1-5-11-21)31-32(27,28)25-14-8-3-9-15-25/h1-15,17,23-24H,16,18-20H2/t23-,24+/m0/s1. The van der Waals surface area contributed by atoms with Crippen molar-refractivity contribution in [3.05, 3.63) is 102 Å². The highest BCUT2D eigenvalue weighted by Crippen LogP contribution is 2.18. The lowest BCUT2D eigenvalue weighted by atomic mass is 10.1. The number of benzene rings is 3. The number of carbonyl (C=O) groups is 1.